The van der Waals surface area contributed by atoms with Gasteiger partial charge < -0.3 is 9.84 Å². The van der Waals surface area contributed by atoms with Gasteiger partial charge >= 0.3 is 5.69 Å². The number of H-pyrrole nitrogens is 1. The maximum absolute atomic E-state index is 11.9. The Hall–Kier alpha value is -1.62. The van der Waals surface area contributed by atoms with Crippen LogP contribution in [0.2, 0.25) is 19.6 Å². The van der Waals surface area contributed by atoms with Gasteiger partial charge in [0.2, 0.25) is 0 Å². The highest BCUT2D eigenvalue weighted by Crippen LogP contribution is 2.29. The summed E-state index contributed by atoms with van der Waals surface area (Å²) >= 11 is 0. The zero-order valence-corrected chi connectivity index (χ0v) is 14.3. The number of nitrogens with zero attached hydrogens (tertiary/aromatic N) is 1. The van der Waals surface area contributed by atoms with Crippen LogP contribution in [0.1, 0.15) is 24.6 Å². The third-order valence-electron chi connectivity index (χ3n) is 3.43. The molecule has 0 bridgehead atoms. The summed E-state index contributed by atoms with van der Waals surface area (Å²) in [6, 6.07) is 0. The van der Waals surface area contributed by atoms with E-state index in [-0.39, 0.29) is 0 Å². The first kappa shape index (κ1) is 16.7. The molecule has 1 aromatic rings. The smallest absolute Gasteiger partial charge is 0.330 e. The molecule has 1 fully saturated rings. The van der Waals surface area contributed by atoms with Crippen LogP contribution in [0.25, 0.3) is 0 Å². The Kier molecular flexibility index (Phi) is 4.75. The predicted molar refractivity (Wildman–Crippen MR) is 86.3 cm³/mol. The fourth-order valence-electron chi connectivity index (χ4n) is 2.29. The van der Waals surface area contributed by atoms with E-state index in [1.165, 1.54) is 10.8 Å². The summed E-state index contributed by atoms with van der Waals surface area (Å²) in [6.07, 6.45) is 0.572. The number of aliphatic hydroxyl groups is 1. The molecule has 3 atom stereocenters. The topological polar surface area (TPSA) is 84.3 Å². The first-order chi connectivity index (χ1) is 10.2. The first-order valence-corrected chi connectivity index (χ1v) is 10.8. The molecule has 2 rings (SSSR count). The van der Waals surface area contributed by atoms with E-state index in [0.717, 1.165) is 0 Å². The minimum atomic E-state index is -1.45. The largest absolute Gasteiger partial charge is 0.390 e. The fraction of sp³-hybridized carbons (Fsp3) is 0.600. The molecule has 1 aliphatic heterocycles. The molecule has 6 nitrogen and oxygen atoms in total. The normalized spacial score (nSPS) is 24.9. The Morgan fingerprint density at radius 1 is 1.45 bits per heavy atom. The van der Waals surface area contributed by atoms with E-state index in [1.54, 1.807) is 6.92 Å². The van der Waals surface area contributed by atoms with Crippen molar-refractivity contribution in [1.29, 1.82) is 0 Å². The van der Waals surface area contributed by atoms with Crippen LogP contribution >= 0.6 is 0 Å². The highest BCUT2D eigenvalue weighted by Gasteiger charge is 2.35. The van der Waals surface area contributed by atoms with Crippen LogP contribution in [0.4, 0.5) is 0 Å². The summed E-state index contributed by atoms with van der Waals surface area (Å²) < 4.78 is 7.08. The van der Waals surface area contributed by atoms with Crippen molar-refractivity contribution in [3.63, 3.8) is 0 Å². The molecule has 0 aromatic carbocycles. The van der Waals surface area contributed by atoms with Gasteiger partial charge in [-0.05, 0) is 6.92 Å². The van der Waals surface area contributed by atoms with Crippen LogP contribution in [0.3, 0.4) is 0 Å². The highest BCUT2D eigenvalue weighted by molar-refractivity contribution is 6.83. The summed E-state index contributed by atoms with van der Waals surface area (Å²) in [5.41, 5.74) is 2.73. The van der Waals surface area contributed by atoms with Gasteiger partial charge in [0, 0.05) is 24.6 Å². The molecule has 0 amide bonds. The highest BCUT2D eigenvalue weighted by atomic mass is 28.3. The molecule has 2 N–H and O–H groups in total. The van der Waals surface area contributed by atoms with Crippen LogP contribution in [0.5, 0.6) is 0 Å². The summed E-state index contributed by atoms with van der Waals surface area (Å²) in [6.45, 7) is 8.07. The fourth-order valence-corrected chi connectivity index (χ4v) is 2.92. The minimum absolute atomic E-state index is 0.310. The molecule has 2 heterocycles. The molecule has 7 heteroatoms. The lowest BCUT2D eigenvalue weighted by Crippen LogP contribution is -2.33. The number of ether oxygens (including phenoxy) is 1. The second kappa shape index (κ2) is 6.24. The van der Waals surface area contributed by atoms with Gasteiger partial charge in [-0.2, -0.15) is 0 Å². The van der Waals surface area contributed by atoms with Crippen molar-refractivity contribution in [2.45, 2.75) is 57.8 Å². The average Bonchev–Trinajstić information content (AvgIpc) is 2.74. The Morgan fingerprint density at radius 3 is 2.77 bits per heavy atom. The van der Waals surface area contributed by atoms with Gasteiger partial charge in [-0.3, -0.25) is 14.3 Å². The number of aromatic nitrogens is 2. The van der Waals surface area contributed by atoms with Gasteiger partial charge in [0.15, 0.2) is 0 Å². The summed E-state index contributed by atoms with van der Waals surface area (Å²) in [4.78, 5) is 25.5. The SMILES string of the molecule is Cc1cn([C@H]2C[C@@H](O)[C@@H](CC#C[Si](C)(C)C)O2)c(=O)[nH]c1=O. The van der Waals surface area contributed by atoms with Crippen LogP contribution < -0.4 is 11.2 Å². The molecular weight excluding hydrogens is 300 g/mol. The molecule has 0 saturated carbocycles. The van der Waals surface area contributed by atoms with Crippen LogP contribution in [-0.4, -0.2) is 34.9 Å². The van der Waals surface area contributed by atoms with E-state index in [0.29, 0.717) is 18.4 Å². The van der Waals surface area contributed by atoms with E-state index in [9.17, 15) is 14.7 Å². The second-order valence-electron chi connectivity index (χ2n) is 6.67. The Balaban J connectivity index is 2.14. The number of aliphatic hydroxyl groups excluding tert-OH is 1. The quantitative estimate of drug-likeness (QED) is 0.622. The molecule has 0 aliphatic carbocycles. The molecule has 1 aliphatic rings. The number of aryl methyl sites for hydroxylation is 1. The van der Waals surface area contributed by atoms with Crippen molar-refractivity contribution < 1.29 is 9.84 Å². The number of hydrogen-bond donors (Lipinski definition) is 2. The molecule has 0 unspecified atom stereocenters. The Bertz CT molecular complexity index is 720. The van der Waals surface area contributed by atoms with Crippen molar-refractivity contribution in [2.75, 3.05) is 0 Å². The minimum Gasteiger partial charge on any atom is -0.390 e. The van der Waals surface area contributed by atoms with E-state index in [1.807, 2.05) is 0 Å². The molecular formula is C15H22N2O4Si. The first-order valence-electron chi connectivity index (χ1n) is 7.33. The summed E-state index contributed by atoms with van der Waals surface area (Å²) in [5, 5.41) is 10.1. The average molecular weight is 322 g/mol. The summed E-state index contributed by atoms with van der Waals surface area (Å²) in [7, 11) is -1.45. The van der Waals surface area contributed by atoms with E-state index in [4.69, 9.17) is 4.74 Å². The van der Waals surface area contributed by atoms with Crippen molar-refractivity contribution >= 4 is 8.07 Å². The Morgan fingerprint density at radius 2 is 2.14 bits per heavy atom. The maximum Gasteiger partial charge on any atom is 0.330 e. The van der Waals surface area contributed by atoms with Gasteiger partial charge in [-0.15, -0.1) is 11.5 Å². The van der Waals surface area contributed by atoms with E-state index < -0.39 is 37.8 Å². The van der Waals surface area contributed by atoms with E-state index >= 15 is 0 Å². The number of aromatic amines is 1. The number of rotatable bonds is 2. The van der Waals surface area contributed by atoms with Crippen LogP contribution in [-0.2, 0) is 4.74 Å². The molecule has 120 valence electrons. The molecule has 1 aromatic heterocycles. The third kappa shape index (κ3) is 3.97. The zero-order valence-electron chi connectivity index (χ0n) is 13.3. The lowest BCUT2D eigenvalue weighted by atomic mass is 10.1. The van der Waals surface area contributed by atoms with Gasteiger partial charge in [0.1, 0.15) is 14.3 Å². The molecule has 22 heavy (non-hydrogen) atoms. The molecule has 1 saturated heterocycles. The lowest BCUT2D eigenvalue weighted by Gasteiger charge is -2.15. The van der Waals surface area contributed by atoms with Crippen molar-refractivity contribution in [1.82, 2.24) is 9.55 Å². The van der Waals surface area contributed by atoms with Gasteiger partial charge in [0.25, 0.3) is 5.56 Å². The van der Waals surface area contributed by atoms with Crippen molar-refractivity contribution in [2.24, 2.45) is 0 Å². The van der Waals surface area contributed by atoms with E-state index in [2.05, 4.69) is 36.1 Å². The summed E-state index contributed by atoms with van der Waals surface area (Å²) in [5.74, 6) is 3.09. The van der Waals surface area contributed by atoms with Crippen LogP contribution in [0.15, 0.2) is 15.8 Å². The van der Waals surface area contributed by atoms with Gasteiger partial charge in [-0.25, -0.2) is 4.79 Å². The van der Waals surface area contributed by atoms with Gasteiger partial charge in [0.05, 0.1) is 12.2 Å². The number of nitrogens with one attached hydrogen (secondary N) is 1. The number of hydrogen-bond acceptors (Lipinski definition) is 4. The third-order valence-corrected chi connectivity index (χ3v) is 4.35. The van der Waals surface area contributed by atoms with Crippen molar-refractivity contribution in [3.8, 4) is 11.5 Å². The van der Waals surface area contributed by atoms with Gasteiger partial charge in [-0.1, -0.05) is 19.6 Å². The zero-order chi connectivity index (χ0) is 16.5. The Labute approximate surface area is 130 Å². The second-order valence-corrected chi connectivity index (χ2v) is 11.4. The molecule has 0 radical (unpaired) electrons. The maximum atomic E-state index is 11.9. The lowest BCUT2D eigenvalue weighted by molar-refractivity contribution is -0.0174. The standard InChI is InChI=1S/C15H22N2O4Si/c1-10-9-17(15(20)16-14(10)19)13-8-11(18)12(21-13)6-5-7-22(2,3)4/h9,11-13,18H,6,8H2,1-4H3,(H,16,19,20)/t11-,12-,13-/m1/s1. The van der Waals surface area contributed by atoms with Crippen molar-refractivity contribution in [3.05, 3.63) is 32.6 Å². The molecule has 0 spiro atoms. The monoisotopic (exact) mass is 322 g/mol. The van der Waals surface area contributed by atoms with Crippen LogP contribution in [0, 0.1) is 18.4 Å². The predicted octanol–water partition coefficient (Wildman–Crippen LogP) is 0.764.